The fraction of sp³-hybridized carbons (Fsp3) is 0.350. The van der Waals surface area contributed by atoms with Crippen molar-refractivity contribution in [2.24, 2.45) is 0 Å². The van der Waals surface area contributed by atoms with E-state index in [2.05, 4.69) is 40.7 Å². The third-order valence-corrected chi connectivity index (χ3v) is 5.13. The third-order valence-electron chi connectivity index (χ3n) is 5.13. The second kappa shape index (κ2) is 5.71. The Balaban J connectivity index is 1.78. The van der Waals surface area contributed by atoms with Crippen molar-refractivity contribution < 1.29 is 14.1 Å². The highest BCUT2D eigenvalue weighted by molar-refractivity contribution is 5.96. The molecule has 0 radical (unpaired) electrons. The molecule has 0 bridgehead atoms. The number of halogens is 1. The van der Waals surface area contributed by atoms with Crippen LogP contribution in [0.3, 0.4) is 0 Å². The molecule has 1 N–H and O–H groups in total. The number of β-amino-alcohol motifs (C(OH)–C–C–N with tert-alkyl or cyclic N) is 1. The summed E-state index contributed by atoms with van der Waals surface area (Å²) < 4.78 is 15.4. The van der Waals surface area contributed by atoms with Crippen LogP contribution in [0.15, 0.2) is 48.5 Å². The molecule has 0 saturated carbocycles. The van der Waals surface area contributed by atoms with Crippen LogP contribution in [0, 0.1) is 12.7 Å². The maximum Gasteiger partial charge on any atom is 0.271 e. The van der Waals surface area contributed by atoms with Crippen LogP contribution in [0.5, 0.6) is 0 Å². The first kappa shape index (κ1) is 15.3. The smallest absolute Gasteiger partial charge is 0.271 e. The summed E-state index contributed by atoms with van der Waals surface area (Å²) in [6, 6.07) is 14.6. The summed E-state index contributed by atoms with van der Waals surface area (Å²) in [7, 11) is 0. The second-order valence-electron chi connectivity index (χ2n) is 6.77. The minimum atomic E-state index is -1.10. The van der Waals surface area contributed by atoms with Gasteiger partial charge in [-0.25, -0.2) is 13.9 Å². The summed E-state index contributed by atoms with van der Waals surface area (Å²) in [5, 5.41) is 11.5. The zero-order valence-corrected chi connectivity index (χ0v) is 13.9. The van der Waals surface area contributed by atoms with E-state index in [1.807, 2.05) is 0 Å². The van der Waals surface area contributed by atoms with Gasteiger partial charge in [0, 0.05) is 12.0 Å². The molecule has 2 aliphatic heterocycles. The first-order valence-corrected chi connectivity index (χ1v) is 8.54. The van der Waals surface area contributed by atoms with Gasteiger partial charge in [0.1, 0.15) is 11.5 Å². The Labute approximate surface area is 141 Å². The van der Waals surface area contributed by atoms with Crippen LogP contribution in [0.4, 0.5) is 10.1 Å². The fourth-order valence-corrected chi connectivity index (χ4v) is 3.82. The van der Waals surface area contributed by atoms with E-state index in [1.165, 1.54) is 17.7 Å². The number of rotatable bonds is 2. The predicted molar refractivity (Wildman–Crippen MR) is 92.8 cm³/mol. The highest BCUT2D eigenvalue weighted by Crippen LogP contribution is 2.35. The molecule has 0 amide bonds. The lowest BCUT2D eigenvalue weighted by atomic mass is 10.0. The van der Waals surface area contributed by atoms with Gasteiger partial charge in [-0.05, 0) is 56.2 Å². The van der Waals surface area contributed by atoms with Gasteiger partial charge in [0.05, 0.1) is 6.54 Å². The number of aryl methyl sites for hydroxylation is 1. The standard InChI is InChI=1S/C20H22FN2O/c1-15-5-11-18(12-6-15)22-14-20(24,16-7-9-17(21)10-8-16)23-13-3-2-4-19(22)23/h5-12,24H,2-4,13-14H2,1H3/q+1/t20-/m1/s1. The average molecular weight is 325 g/mol. The predicted octanol–water partition coefficient (Wildman–Crippen LogP) is 3.39. The van der Waals surface area contributed by atoms with Gasteiger partial charge in [-0.3, -0.25) is 0 Å². The molecule has 0 unspecified atom stereocenters. The minimum absolute atomic E-state index is 0.279. The van der Waals surface area contributed by atoms with Gasteiger partial charge < -0.3 is 5.11 Å². The Kier molecular flexibility index (Phi) is 3.65. The number of nitrogens with zero attached hydrogens (tertiary/aromatic N) is 2. The van der Waals surface area contributed by atoms with Crippen LogP contribution >= 0.6 is 0 Å². The molecule has 2 aromatic carbocycles. The lowest BCUT2D eigenvalue weighted by molar-refractivity contribution is -0.661. The number of aliphatic hydroxyl groups is 1. The zero-order chi connectivity index (χ0) is 16.7. The Morgan fingerprint density at radius 1 is 1.04 bits per heavy atom. The number of anilines is 1. The van der Waals surface area contributed by atoms with Crippen molar-refractivity contribution in [2.45, 2.75) is 31.9 Å². The molecular weight excluding hydrogens is 303 g/mol. The number of hydrogen-bond donors (Lipinski definition) is 1. The number of benzene rings is 2. The molecule has 0 spiro atoms. The van der Waals surface area contributed by atoms with Crippen LogP contribution in [-0.4, -0.2) is 28.6 Å². The molecule has 0 aromatic heterocycles. The van der Waals surface area contributed by atoms with E-state index < -0.39 is 5.72 Å². The third kappa shape index (κ3) is 2.42. The van der Waals surface area contributed by atoms with E-state index >= 15 is 0 Å². The summed E-state index contributed by atoms with van der Waals surface area (Å²) in [5.41, 5.74) is 1.96. The monoisotopic (exact) mass is 325 g/mol. The molecule has 24 heavy (non-hydrogen) atoms. The van der Waals surface area contributed by atoms with E-state index in [0.717, 1.165) is 42.9 Å². The van der Waals surface area contributed by atoms with E-state index in [4.69, 9.17) is 0 Å². The molecule has 0 aliphatic carbocycles. The summed E-state index contributed by atoms with van der Waals surface area (Å²) in [6.07, 6.45) is 3.15. The molecule has 1 atom stereocenters. The van der Waals surface area contributed by atoms with Gasteiger partial charge in [0.2, 0.25) is 0 Å². The normalized spacial score (nSPS) is 23.5. The average Bonchev–Trinajstić information content (AvgIpc) is 2.91. The quantitative estimate of drug-likeness (QED) is 0.857. The van der Waals surface area contributed by atoms with Crippen molar-refractivity contribution in [1.82, 2.24) is 0 Å². The van der Waals surface area contributed by atoms with Gasteiger partial charge in [0.15, 0.2) is 6.54 Å². The van der Waals surface area contributed by atoms with Crippen molar-refractivity contribution in [2.75, 3.05) is 18.0 Å². The summed E-state index contributed by atoms with van der Waals surface area (Å²) >= 11 is 0. The van der Waals surface area contributed by atoms with E-state index in [0.29, 0.717) is 6.54 Å². The first-order chi connectivity index (χ1) is 11.6. The van der Waals surface area contributed by atoms with Crippen molar-refractivity contribution in [3.8, 4) is 0 Å². The molecule has 0 saturated heterocycles. The molecule has 4 heteroatoms. The molecular formula is C20H22FN2O+. The highest BCUT2D eigenvalue weighted by Gasteiger charge is 2.52. The molecule has 0 fully saturated rings. The van der Waals surface area contributed by atoms with Gasteiger partial charge in [-0.1, -0.05) is 17.7 Å². The molecule has 2 aliphatic rings. The van der Waals surface area contributed by atoms with Crippen molar-refractivity contribution >= 4 is 11.5 Å². The first-order valence-electron chi connectivity index (χ1n) is 8.54. The van der Waals surface area contributed by atoms with E-state index in [-0.39, 0.29) is 5.82 Å². The topological polar surface area (TPSA) is 26.5 Å². The largest absolute Gasteiger partial charge is 0.346 e. The lowest BCUT2D eigenvalue weighted by Gasteiger charge is -2.24. The van der Waals surface area contributed by atoms with Gasteiger partial charge in [-0.15, -0.1) is 0 Å². The van der Waals surface area contributed by atoms with Crippen LogP contribution in [0.25, 0.3) is 0 Å². The SMILES string of the molecule is Cc1ccc(N2C[C@@](O)(c3ccc(F)cc3)[N+]3=C2CCCC3)cc1. The van der Waals surface area contributed by atoms with Crippen molar-refractivity contribution in [3.05, 3.63) is 65.5 Å². The molecule has 4 rings (SSSR count). The Bertz CT molecular complexity index is 782. The van der Waals surface area contributed by atoms with Crippen LogP contribution in [-0.2, 0) is 5.72 Å². The number of amidine groups is 1. The zero-order valence-electron chi connectivity index (χ0n) is 13.9. The van der Waals surface area contributed by atoms with E-state index in [1.54, 1.807) is 12.1 Å². The summed E-state index contributed by atoms with van der Waals surface area (Å²) in [4.78, 5) is 2.21. The second-order valence-corrected chi connectivity index (χ2v) is 6.77. The lowest BCUT2D eigenvalue weighted by Crippen LogP contribution is -2.41. The Hall–Kier alpha value is -2.20. The fourth-order valence-electron chi connectivity index (χ4n) is 3.82. The van der Waals surface area contributed by atoms with Gasteiger partial charge in [0.25, 0.3) is 11.6 Å². The van der Waals surface area contributed by atoms with Gasteiger partial charge >= 0.3 is 0 Å². The van der Waals surface area contributed by atoms with Gasteiger partial charge in [-0.2, -0.15) is 0 Å². The van der Waals surface area contributed by atoms with Crippen LogP contribution < -0.4 is 4.90 Å². The molecule has 2 heterocycles. The molecule has 3 nitrogen and oxygen atoms in total. The Morgan fingerprint density at radius 2 is 1.75 bits per heavy atom. The van der Waals surface area contributed by atoms with Crippen LogP contribution in [0.2, 0.25) is 0 Å². The minimum Gasteiger partial charge on any atom is -0.346 e. The van der Waals surface area contributed by atoms with Crippen molar-refractivity contribution in [3.63, 3.8) is 0 Å². The highest BCUT2D eigenvalue weighted by atomic mass is 19.1. The maximum atomic E-state index is 13.3. The number of hydrogen-bond acceptors (Lipinski definition) is 2. The summed E-state index contributed by atoms with van der Waals surface area (Å²) in [6.45, 7) is 3.37. The molecule has 2 aromatic rings. The molecule has 124 valence electrons. The van der Waals surface area contributed by atoms with Crippen LogP contribution in [0.1, 0.15) is 30.4 Å². The Morgan fingerprint density at radius 3 is 2.46 bits per heavy atom. The maximum absolute atomic E-state index is 13.3. The van der Waals surface area contributed by atoms with Crippen molar-refractivity contribution in [1.29, 1.82) is 0 Å². The van der Waals surface area contributed by atoms with E-state index in [9.17, 15) is 9.50 Å². The summed E-state index contributed by atoms with van der Waals surface area (Å²) in [5.74, 6) is 0.885.